The third kappa shape index (κ3) is 3.10. The number of hydrogen-bond donors (Lipinski definition) is 2. The Hall–Kier alpha value is -1.36. The van der Waals surface area contributed by atoms with E-state index in [4.69, 9.17) is 0 Å². The fourth-order valence-electron chi connectivity index (χ4n) is 1.91. The van der Waals surface area contributed by atoms with Crippen molar-refractivity contribution in [2.45, 2.75) is 25.8 Å². The molecule has 1 aliphatic heterocycles. The predicted octanol–water partition coefficient (Wildman–Crippen LogP) is 1.77. The first-order valence-electron chi connectivity index (χ1n) is 5.90. The summed E-state index contributed by atoms with van der Waals surface area (Å²) >= 11 is 3.40. The van der Waals surface area contributed by atoms with Crippen LogP contribution in [-0.4, -0.2) is 24.4 Å². The highest BCUT2D eigenvalue weighted by molar-refractivity contribution is 9.10. The molecule has 5 heteroatoms. The van der Waals surface area contributed by atoms with E-state index < -0.39 is 0 Å². The van der Waals surface area contributed by atoms with Gasteiger partial charge in [-0.2, -0.15) is 0 Å². The quantitative estimate of drug-likeness (QED) is 0.874. The van der Waals surface area contributed by atoms with Gasteiger partial charge in [0.1, 0.15) is 0 Å². The van der Waals surface area contributed by atoms with Gasteiger partial charge in [0.25, 0.3) is 5.91 Å². The van der Waals surface area contributed by atoms with Crippen molar-refractivity contribution in [2.24, 2.45) is 0 Å². The Morgan fingerprint density at radius 2 is 2.28 bits per heavy atom. The lowest BCUT2D eigenvalue weighted by Gasteiger charge is -2.23. The molecule has 0 bridgehead atoms. The van der Waals surface area contributed by atoms with E-state index in [0.717, 1.165) is 10.0 Å². The average molecular weight is 311 g/mol. The molecule has 2 rings (SSSR count). The number of hydrogen-bond acceptors (Lipinski definition) is 2. The van der Waals surface area contributed by atoms with Crippen LogP contribution in [0.5, 0.6) is 0 Å². The van der Waals surface area contributed by atoms with Gasteiger partial charge in [-0.3, -0.25) is 9.59 Å². The molecule has 1 aromatic carbocycles. The van der Waals surface area contributed by atoms with Crippen LogP contribution in [0.3, 0.4) is 0 Å². The number of aryl methyl sites for hydroxylation is 1. The first-order chi connectivity index (χ1) is 8.56. The summed E-state index contributed by atoms with van der Waals surface area (Å²) in [6.07, 6.45) is 1.18. The van der Waals surface area contributed by atoms with Crippen LogP contribution in [0.4, 0.5) is 0 Å². The van der Waals surface area contributed by atoms with E-state index in [0.29, 0.717) is 24.9 Å². The van der Waals surface area contributed by atoms with Crippen LogP contribution in [0.15, 0.2) is 22.7 Å². The number of carbonyl (C=O) groups excluding carboxylic acids is 2. The van der Waals surface area contributed by atoms with Crippen molar-refractivity contribution in [3.63, 3.8) is 0 Å². The second-order valence-electron chi connectivity index (χ2n) is 4.48. The molecule has 4 nitrogen and oxygen atoms in total. The average Bonchev–Trinajstić information content (AvgIpc) is 2.35. The second kappa shape index (κ2) is 5.52. The summed E-state index contributed by atoms with van der Waals surface area (Å²) in [7, 11) is 0. The summed E-state index contributed by atoms with van der Waals surface area (Å²) in [5.74, 6) is -0.0354. The molecular formula is C13H15BrN2O2. The molecule has 0 aliphatic carbocycles. The minimum absolute atomic E-state index is 0.0270. The minimum Gasteiger partial charge on any atom is -0.354 e. The molecule has 1 heterocycles. The molecular weight excluding hydrogens is 296 g/mol. The van der Waals surface area contributed by atoms with E-state index >= 15 is 0 Å². The molecule has 0 radical (unpaired) electrons. The van der Waals surface area contributed by atoms with Gasteiger partial charge in [-0.05, 0) is 37.1 Å². The molecule has 1 saturated heterocycles. The van der Waals surface area contributed by atoms with Crippen molar-refractivity contribution in [3.05, 3.63) is 33.8 Å². The fraction of sp³-hybridized carbons (Fsp3) is 0.385. The smallest absolute Gasteiger partial charge is 0.251 e. The molecule has 1 atom stereocenters. The monoisotopic (exact) mass is 310 g/mol. The summed E-state index contributed by atoms with van der Waals surface area (Å²) in [5, 5.41) is 5.68. The highest BCUT2D eigenvalue weighted by Gasteiger charge is 2.20. The lowest BCUT2D eigenvalue weighted by atomic mass is 10.1. The Morgan fingerprint density at radius 3 is 2.89 bits per heavy atom. The zero-order valence-corrected chi connectivity index (χ0v) is 11.7. The highest BCUT2D eigenvalue weighted by atomic mass is 79.9. The van der Waals surface area contributed by atoms with Crippen molar-refractivity contribution in [3.8, 4) is 0 Å². The lowest BCUT2D eigenvalue weighted by Crippen LogP contribution is -2.47. The van der Waals surface area contributed by atoms with Crippen molar-refractivity contribution in [1.29, 1.82) is 0 Å². The standard InChI is InChI=1S/C13H15BrN2O2/c1-8-6-9(2-4-11(8)14)13(18)16-10-3-5-12(17)15-7-10/h2,4,6,10H,3,5,7H2,1H3,(H,15,17)(H,16,18). The van der Waals surface area contributed by atoms with Gasteiger partial charge in [-0.1, -0.05) is 15.9 Å². The first-order valence-corrected chi connectivity index (χ1v) is 6.69. The lowest BCUT2D eigenvalue weighted by molar-refractivity contribution is -0.122. The highest BCUT2D eigenvalue weighted by Crippen LogP contribution is 2.17. The van der Waals surface area contributed by atoms with Gasteiger partial charge in [0, 0.05) is 29.0 Å². The Balaban J connectivity index is 1.99. The maximum Gasteiger partial charge on any atom is 0.251 e. The first kappa shape index (κ1) is 13.1. The number of carbonyl (C=O) groups is 2. The van der Waals surface area contributed by atoms with Gasteiger partial charge >= 0.3 is 0 Å². The second-order valence-corrected chi connectivity index (χ2v) is 5.33. The molecule has 0 saturated carbocycles. The maximum absolute atomic E-state index is 12.0. The summed E-state index contributed by atoms with van der Waals surface area (Å²) in [5.41, 5.74) is 1.67. The van der Waals surface area contributed by atoms with E-state index in [2.05, 4.69) is 26.6 Å². The third-order valence-corrected chi connectivity index (χ3v) is 3.91. The number of halogens is 1. The van der Waals surface area contributed by atoms with E-state index in [1.807, 2.05) is 19.1 Å². The Bertz CT molecular complexity index is 478. The topological polar surface area (TPSA) is 58.2 Å². The van der Waals surface area contributed by atoms with Crippen LogP contribution < -0.4 is 10.6 Å². The molecule has 0 spiro atoms. The normalized spacial score (nSPS) is 19.2. The molecule has 2 amide bonds. The Labute approximate surface area is 114 Å². The fourth-order valence-corrected chi connectivity index (χ4v) is 2.16. The van der Waals surface area contributed by atoms with Gasteiger partial charge in [0.2, 0.25) is 5.91 Å². The van der Waals surface area contributed by atoms with E-state index in [1.54, 1.807) is 6.07 Å². The summed E-state index contributed by atoms with van der Waals surface area (Å²) in [6.45, 7) is 2.46. The van der Waals surface area contributed by atoms with Crippen LogP contribution in [-0.2, 0) is 4.79 Å². The van der Waals surface area contributed by atoms with Gasteiger partial charge in [0.15, 0.2) is 0 Å². The summed E-state index contributed by atoms with van der Waals surface area (Å²) in [6, 6.07) is 5.53. The molecule has 96 valence electrons. The largest absolute Gasteiger partial charge is 0.354 e. The molecule has 2 N–H and O–H groups in total. The minimum atomic E-state index is -0.0910. The van der Waals surface area contributed by atoms with Crippen molar-refractivity contribution in [1.82, 2.24) is 10.6 Å². The molecule has 0 aromatic heterocycles. The van der Waals surface area contributed by atoms with Crippen molar-refractivity contribution in [2.75, 3.05) is 6.54 Å². The molecule has 1 aliphatic rings. The number of benzene rings is 1. The van der Waals surface area contributed by atoms with E-state index in [1.165, 1.54) is 0 Å². The van der Waals surface area contributed by atoms with Gasteiger partial charge in [0.05, 0.1) is 0 Å². The summed E-state index contributed by atoms with van der Waals surface area (Å²) < 4.78 is 0.990. The van der Waals surface area contributed by atoms with Crippen LogP contribution >= 0.6 is 15.9 Å². The van der Waals surface area contributed by atoms with E-state index in [-0.39, 0.29) is 17.9 Å². The number of nitrogens with one attached hydrogen (secondary N) is 2. The number of rotatable bonds is 2. The SMILES string of the molecule is Cc1cc(C(=O)NC2CCC(=O)NC2)ccc1Br. The molecule has 1 unspecified atom stereocenters. The maximum atomic E-state index is 12.0. The van der Waals surface area contributed by atoms with E-state index in [9.17, 15) is 9.59 Å². The van der Waals surface area contributed by atoms with Crippen LogP contribution in [0, 0.1) is 6.92 Å². The van der Waals surface area contributed by atoms with Crippen LogP contribution in [0.1, 0.15) is 28.8 Å². The molecule has 1 fully saturated rings. The van der Waals surface area contributed by atoms with Gasteiger partial charge in [-0.15, -0.1) is 0 Å². The number of piperidine rings is 1. The zero-order chi connectivity index (χ0) is 13.1. The summed E-state index contributed by atoms with van der Waals surface area (Å²) in [4.78, 5) is 23.0. The third-order valence-electron chi connectivity index (χ3n) is 3.02. The predicted molar refractivity (Wildman–Crippen MR) is 72.4 cm³/mol. The Kier molecular flexibility index (Phi) is 4.01. The zero-order valence-electron chi connectivity index (χ0n) is 10.1. The van der Waals surface area contributed by atoms with Crippen molar-refractivity contribution < 1.29 is 9.59 Å². The van der Waals surface area contributed by atoms with Crippen LogP contribution in [0.2, 0.25) is 0 Å². The van der Waals surface area contributed by atoms with Crippen LogP contribution in [0.25, 0.3) is 0 Å². The van der Waals surface area contributed by atoms with Gasteiger partial charge < -0.3 is 10.6 Å². The molecule has 1 aromatic rings. The van der Waals surface area contributed by atoms with Crippen molar-refractivity contribution >= 4 is 27.7 Å². The number of amides is 2. The van der Waals surface area contributed by atoms with Gasteiger partial charge in [-0.25, -0.2) is 0 Å². The Morgan fingerprint density at radius 1 is 1.50 bits per heavy atom. The molecule has 18 heavy (non-hydrogen) atoms.